The highest BCUT2D eigenvalue weighted by molar-refractivity contribution is 9.10. The zero-order valence-electron chi connectivity index (χ0n) is 12.1. The van der Waals surface area contributed by atoms with Crippen LogP contribution < -0.4 is 0 Å². The summed E-state index contributed by atoms with van der Waals surface area (Å²) in [7, 11) is 0. The first kappa shape index (κ1) is 15.9. The zero-order valence-corrected chi connectivity index (χ0v) is 13.7. The lowest BCUT2D eigenvalue weighted by Gasteiger charge is -2.35. The van der Waals surface area contributed by atoms with E-state index in [0.29, 0.717) is 36.2 Å². The van der Waals surface area contributed by atoms with Gasteiger partial charge < -0.3 is 9.80 Å². The number of hydrogen-bond donors (Lipinski definition) is 0. The molecule has 1 heterocycles. The molecule has 0 N–H and O–H groups in total. The van der Waals surface area contributed by atoms with Gasteiger partial charge in [0.1, 0.15) is 5.82 Å². The fourth-order valence-electron chi connectivity index (χ4n) is 2.33. The SMILES string of the molecule is CC(C)C(=O)N1CCN(C(=O)c2ccc(F)cc2Br)CC1. The minimum atomic E-state index is -0.384. The van der Waals surface area contributed by atoms with Gasteiger partial charge in [0.05, 0.1) is 5.56 Å². The molecule has 0 saturated carbocycles. The van der Waals surface area contributed by atoms with E-state index in [2.05, 4.69) is 15.9 Å². The van der Waals surface area contributed by atoms with Crippen LogP contribution in [0.5, 0.6) is 0 Å². The molecule has 114 valence electrons. The largest absolute Gasteiger partial charge is 0.339 e. The van der Waals surface area contributed by atoms with E-state index in [-0.39, 0.29) is 23.5 Å². The molecule has 0 spiro atoms. The van der Waals surface area contributed by atoms with Crippen molar-refractivity contribution in [2.75, 3.05) is 26.2 Å². The number of hydrogen-bond acceptors (Lipinski definition) is 2. The molecule has 0 radical (unpaired) electrons. The number of carbonyl (C=O) groups excluding carboxylic acids is 2. The molecule has 0 atom stereocenters. The first-order valence-corrected chi connectivity index (χ1v) is 7.72. The molecular formula is C15H18BrFN2O2. The molecule has 0 aromatic heterocycles. The number of halogens is 2. The van der Waals surface area contributed by atoms with Gasteiger partial charge in [0.2, 0.25) is 5.91 Å². The van der Waals surface area contributed by atoms with Gasteiger partial charge in [-0.3, -0.25) is 9.59 Å². The van der Waals surface area contributed by atoms with Gasteiger partial charge in [-0.1, -0.05) is 13.8 Å². The van der Waals surface area contributed by atoms with Crippen molar-refractivity contribution < 1.29 is 14.0 Å². The average Bonchev–Trinajstić information content (AvgIpc) is 2.46. The van der Waals surface area contributed by atoms with Crippen LogP contribution in [0.25, 0.3) is 0 Å². The molecule has 1 fully saturated rings. The molecule has 6 heteroatoms. The van der Waals surface area contributed by atoms with Gasteiger partial charge in [-0.05, 0) is 34.1 Å². The van der Waals surface area contributed by atoms with E-state index in [1.54, 1.807) is 9.80 Å². The van der Waals surface area contributed by atoms with Crippen LogP contribution >= 0.6 is 15.9 Å². The number of carbonyl (C=O) groups is 2. The van der Waals surface area contributed by atoms with Crippen LogP contribution in [-0.2, 0) is 4.79 Å². The summed E-state index contributed by atoms with van der Waals surface area (Å²) in [5.74, 6) is -0.437. The van der Waals surface area contributed by atoms with E-state index in [0.717, 1.165) is 0 Å². The molecule has 1 aliphatic rings. The van der Waals surface area contributed by atoms with E-state index in [9.17, 15) is 14.0 Å². The molecule has 2 rings (SSSR count). The highest BCUT2D eigenvalue weighted by Gasteiger charge is 2.26. The van der Waals surface area contributed by atoms with Gasteiger partial charge in [-0.25, -0.2) is 4.39 Å². The fraction of sp³-hybridized carbons (Fsp3) is 0.467. The van der Waals surface area contributed by atoms with E-state index < -0.39 is 0 Å². The summed E-state index contributed by atoms with van der Waals surface area (Å²) in [6.07, 6.45) is 0. The Bertz CT molecular complexity index is 555. The molecule has 1 aromatic carbocycles. The molecule has 1 aromatic rings. The fourth-order valence-corrected chi connectivity index (χ4v) is 2.85. The van der Waals surface area contributed by atoms with Crippen molar-refractivity contribution >= 4 is 27.7 Å². The van der Waals surface area contributed by atoms with Crippen molar-refractivity contribution in [1.82, 2.24) is 9.80 Å². The molecule has 21 heavy (non-hydrogen) atoms. The predicted molar refractivity (Wildman–Crippen MR) is 81.4 cm³/mol. The smallest absolute Gasteiger partial charge is 0.255 e. The van der Waals surface area contributed by atoms with Crippen LogP contribution in [0.4, 0.5) is 4.39 Å². The Balaban J connectivity index is 2.02. The summed E-state index contributed by atoms with van der Waals surface area (Å²) in [5, 5.41) is 0. The summed E-state index contributed by atoms with van der Waals surface area (Å²) >= 11 is 3.22. The minimum Gasteiger partial charge on any atom is -0.339 e. The lowest BCUT2D eigenvalue weighted by atomic mass is 10.1. The van der Waals surface area contributed by atoms with Crippen LogP contribution in [0.15, 0.2) is 22.7 Å². The Labute approximate surface area is 132 Å². The van der Waals surface area contributed by atoms with Crippen molar-refractivity contribution in [2.24, 2.45) is 5.92 Å². The van der Waals surface area contributed by atoms with Crippen molar-refractivity contribution in [1.29, 1.82) is 0 Å². The maximum absolute atomic E-state index is 13.1. The van der Waals surface area contributed by atoms with Crippen LogP contribution in [0, 0.1) is 11.7 Å². The van der Waals surface area contributed by atoms with Crippen molar-refractivity contribution in [3.63, 3.8) is 0 Å². The number of amides is 2. The minimum absolute atomic E-state index is 0.0292. The van der Waals surface area contributed by atoms with E-state index >= 15 is 0 Å². The molecule has 0 bridgehead atoms. The number of piperazine rings is 1. The molecule has 1 aliphatic heterocycles. The molecule has 0 unspecified atom stereocenters. The Kier molecular flexibility index (Phi) is 4.98. The second-order valence-corrected chi connectivity index (χ2v) is 6.25. The third kappa shape index (κ3) is 3.61. The summed E-state index contributed by atoms with van der Waals surface area (Å²) in [6.45, 7) is 5.83. The third-order valence-corrected chi connectivity index (χ3v) is 4.19. The predicted octanol–water partition coefficient (Wildman–Crippen LogP) is 2.53. The van der Waals surface area contributed by atoms with E-state index in [1.807, 2.05) is 13.8 Å². The van der Waals surface area contributed by atoms with E-state index in [4.69, 9.17) is 0 Å². The standard InChI is InChI=1S/C15H18BrFN2O2/c1-10(2)14(20)18-5-7-19(8-6-18)15(21)12-4-3-11(17)9-13(12)16/h3-4,9-10H,5-8H2,1-2H3. The Morgan fingerprint density at radius 1 is 1.14 bits per heavy atom. The summed E-state index contributed by atoms with van der Waals surface area (Å²) in [4.78, 5) is 27.8. The highest BCUT2D eigenvalue weighted by Crippen LogP contribution is 2.20. The molecule has 4 nitrogen and oxygen atoms in total. The molecule has 1 saturated heterocycles. The molecular weight excluding hydrogens is 339 g/mol. The number of rotatable bonds is 2. The third-order valence-electron chi connectivity index (χ3n) is 3.53. The van der Waals surface area contributed by atoms with Crippen molar-refractivity contribution in [2.45, 2.75) is 13.8 Å². The molecule has 2 amide bonds. The van der Waals surface area contributed by atoms with Gasteiger partial charge >= 0.3 is 0 Å². The van der Waals surface area contributed by atoms with Gasteiger partial charge in [-0.2, -0.15) is 0 Å². The second-order valence-electron chi connectivity index (χ2n) is 5.40. The topological polar surface area (TPSA) is 40.6 Å². The molecule has 0 aliphatic carbocycles. The maximum Gasteiger partial charge on any atom is 0.255 e. The number of nitrogens with zero attached hydrogens (tertiary/aromatic N) is 2. The maximum atomic E-state index is 13.1. The average molecular weight is 357 g/mol. The van der Waals surface area contributed by atoms with Crippen LogP contribution in [0.3, 0.4) is 0 Å². The Morgan fingerprint density at radius 2 is 1.71 bits per heavy atom. The monoisotopic (exact) mass is 356 g/mol. The Morgan fingerprint density at radius 3 is 2.24 bits per heavy atom. The van der Waals surface area contributed by atoms with Crippen LogP contribution in [0.1, 0.15) is 24.2 Å². The zero-order chi connectivity index (χ0) is 15.6. The van der Waals surface area contributed by atoms with Crippen molar-refractivity contribution in [3.05, 3.63) is 34.1 Å². The second kappa shape index (κ2) is 6.56. The van der Waals surface area contributed by atoms with Gasteiger partial charge in [0, 0.05) is 36.6 Å². The van der Waals surface area contributed by atoms with Gasteiger partial charge in [-0.15, -0.1) is 0 Å². The van der Waals surface area contributed by atoms with Gasteiger partial charge in [0.25, 0.3) is 5.91 Å². The van der Waals surface area contributed by atoms with Crippen LogP contribution in [-0.4, -0.2) is 47.8 Å². The van der Waals surface area contributed by atoms with Gasteiger partial charge in [0.15, 0.2) is 0 Å². The normalized spacial score (nSPS) is 15.5. The van der Waals surface area contributed by atoms with Crippen LogP contribution in [0.2, 0.25) is 0 Å². The van der Waals surface area contributed by atoms with E-state index in [1.165, 1.54) is 18.2 Å². The quantitative estimate of drug-likeness (QED) is 0.816. The highest BCUT2D eigenvalue weighted by atomic mass is 79.9. The lowest BCUT2D eigenvalue weighted by molar-refractivity contribution is -0.135. The first-order chi connectivity index (χ1) is 9.90. The lowest BCUT2D eigenvalue weighted by Crippen LogP contribution is -2.51. The summed E-state index contributed by atoms with van der Waals surface area (Å²) < 4.78 is 13.5. The summed E-state index contributed by atoms with van der Waals surface area (Å²) in [5.41, 5.74) is 0.444. The first-order valence-electron chi connectivity index (χ1n) is 6.93. The Hall–Kier alpha value is -1.43. The summed E-state index contributed by atoms with van der Waals surface area (Å²) in [6, 6.07) is 4.04. The van der Waals surface area contributed by atoms with Crippen molar-refractivity contribution in [3.8, 4) is 0 Å². The number of benzene rings is 1.